The van der Waals surface area contributed by atoms with Gasteiger partial charge < -0.3 is 15.5 Å². The monoisotopic (exact) mass is 605 g/mol. The van der Waals surface area contributed by atoms with Gasteiger partial charge in [-0.05, 0) is 31.2 Å². The van der Waals surface area contributed by atoms with Crippen LogP contribution in [0.1, 0.15) is 12.5 Å². The van der Waals surface area contributed by atoms with E-state index in [-0.39, 0.29) is 40.4 Å². The van der Waals surface area contributed by atoms with Gasteiger partial charge in [-0.2, -0.15) is 18.6 Å². The minimum absolute atomic E-state index is 0.0474. The lowest BCUT2D eigenvalue weighted by molar-refractivity contribution is -0.142. The van der Waals surface area contributed by atoms with Crippen LogP contribution in [-0.4, -0.2) is 58.3 Å². The summed E-state index contributed by atoms with van der Waals surface area (Å²) in [6.45, 7) is 1.32. The molecule has 4 amide bonds. The van der Waals surface area contributed by atoms with Gasteiger partial charge in [0.1, 0.15) is 17.4 Å². The van der Waals surface area contributed by atoms with E-state index in [0.717, 1.165) is 9.91 Å². The number of carbonyl (C=O) groups excluding carboxylic acids is 3. The van der Waals surface area contributed by atoms with Crippen LogP contribution in [0.4, 0.5) is 29.5 Å². The van der Waals surface area contributed by atoms with Crippen molar-refractivity contribution in [2.45, 2.75) is 24.9 Å². The first-order valence-corrected chi connectivity index (χ1v) is 12.3. The normalized spacial score (nSPS) is 24.6. The molecule has 0 bridgehead atoms. The number of pyridine rings is 1. The van der Waals surface area contributed by atoms with Crippen molar-refractivity contribution in [3.8, 4) is 0 Å². The van der Waals surface area contributed by atoms with E-state index in [0.29, 0.717) is 17.3 Å². The third kappa shape index (κ3) is 4.81. The molecule has 3 unspecified atom stereocenters. The highest BCUT2D eigenvalue weighted by atomic mass is 35.5. The topological polar surface area (TPSA) is 128 Å². The molecular formula is C22H17Cl3F3N7O4. The van der Waals surface area contributed by atoms with Crippen LogP contribution in [-0.2, 0) is 20.6 Å². The summed E-state index contributed by atoms with van der Waals surface area (Å²) in [4.78, 5) is 48.8. The first-order chi connectivity index (χ1) is 18.3. The summed E-state index contributed by atoms with van der Waals surface area (Å²) in [5, 5.41) is 10.7. The largest absolute Gasteiger partial charge is 0.417 e. The first-order valence-electron chi connectivity index (χ1n) is 11.2. The summed E-state index contributed by atoms with van der Waals surface area (Å²) in [7, 11) is 0. The molecule has 5 rings (SSSR count). The van der Waals surface area contributed by atoms with Crippen molar-refractivity contribution in [1.29, 1.82) is 0 Å². The highest BCUT2D eigenvalue weighted by Gasteiger charge is 2.61. The van der Waals surface area contributed by atoms with E-state index >= 15 is 0 Å². The van der Waals surface area contributed by atoms with Gasteiger partial charge in [0, 0.05) is 24.3 Å². The Morgan fingerprint density at radius 1 is 1.13 bits per heavy atom. The lowest BCUT2D eigenvalue weighted by Gasteiger charge is -2.26. The number of halogens is 6. The van der Waals surface area contributed by atoms with E-state index in [1.165, 1.54) is 18.2 Å². The number of fused-ring (bicyclic) bond motifs is 1. The van der Waals surface area contributed by atoms with Crippen LogP contribution < -0.4 is 21.1 Å². The maximum absolute atomic E-state index is 13.3. The van der Waals surface area contributed by atoms with E-state index < -0.39 is 47.3 Å². The van der Waals surface area contributed by atoms with Crippen molar-refractivity contribution in [1.82, 2.24) is 20.6 Å². The Morgan fingerprint density at radius 3 is 2.54 bits per heavy atom. The number of rotatable bonds is 6. The highest BCUT2D eigenvalue weighted by molar-refractivity contribution is 6.37. The smallest absolute Gasteiger partial charge is 0.381 e. The maximum Gasteiger partial charge on any atom is 0.417 e. The molecule has 3 N–H and O–H groups in total. The van der Waals surface area contributed by atoms with Crippen LogP contribution >= 0.6 is 34.8 Å². The molecule has 2 fully saturated rings. The van der Waals surface area contributed by atoms with Crippen molar-refractivity contribution in [3.63, 3.8) is 0 Å². The molecule has 11 nitrogen and oxygen atoms in total. The zero-order valence-corrected chi connectivity index (χ0v) is 21.9. The number of carbonyl (C=O) groups is 3. The third-order valence-corrected chi connectivity index (χ3v) is 7.08. The molecule has 17 heteroatoms. The number of aromatic nitrogens is 1. The van der Waals surface area contributed by atoms with Crippen molar-refractivity contribution >= 4 is 69.9 Å². The SMILES string of the molecule is CC1(C2=NOC3C(=O)N(CCNc4ncc(C(F)(F)F)cc4Cl)C(=O)C23)NC(=O)N(c2ccc(Cl)cc2Cl)N1. The molecule has 4 heterocycles. The van der Waals surface area contributed by atoms with Gasteiger partial charge in [0.25, 0.3) is 5.91 Å². The number of oxime groups is 1. The van der Waals surface area contributed by atoms with E-state index in [9.17, 15) is 27.6 Å². The number of imide groups is 1. The number of hydrogen-bond donors (Lipinski definition) is 3. The Bertz CT molecular complexity index is 1430. The zero-order chi connectivity index (χ0) is 28.3. The van der Waals surface area contributed by atoms with Gasteiger partial charge in [-0.25, -0.2) is 14.8 Å². The quantitative estimate of drug-likeness (QED) is 0.428. The lowest BCUT2D eigenvalue weighted by Crippen LogP contribution is -2.58. The Balaban J connectivity index is 1.27. The van der Waals surface area contributed by atoms with Gasteiger partial charge in [0.05, 0.1) is 21.3 Å². The summed E-state index contributed by atoms with van der Waals surface area (Å²) in [6, 6.07) is 4.63. The van der Waals surface area contributed by atoms with Crippen LogP contribution in [0.3, 0.4) is 0 Å². The minimum Gasteiger partial charge on any atom is -0.381 e. The van der Waals surface area contributed by atoms with E-state index in [4.69, 9.17) is 39.6 Å². The van der Waals surface area contributed by atoms with Crippen LogP contribution in [0.5, 0.6) is 0 Å². The summed E-state index contributed by atoms with van der Waals surface area (Å²) in [5.41, 5.74) is 0.842. The molecule has 2 saturated heterocycles. The second-order valence-electron chi connectivity index (χ2n) is 8.89. The molecule has 0 spiro atoms. The number of urea groups is 1. The van der Waals surface area contributed by atoms with Gasteiger partial charge in [0.2, 0.25) is 12.0 Å². The fourth-order valence-electron chi connectivity index (χ4n) is 4.40. The molecule has 0 aliphatic carbocycles. The second kappa shape index (κ2) is 9.70. The predicted molar refractivity (Wildman–Crippen MR) is 134 cm³/mol. The number of amides is 4. The number of benzene rings is 1. The third-order valence-electron chi connectivity index (χ3n) is 6.26. The maximum atomic E-state index is 13.3. The number of alkyl halides is 3. The zero-order valence-electron chi connectivity index (χ0n) is 19.6. The van der Waals surface area contributed by atoms with Crippen LogP contribution in [0.25, 0.3) is 0 Å². The van der Waals surface area contributed by atoms with Gasteiger partial charge in [0.15, 0.2) is 5.66 Å². The predicted octanol–water partition coefficient (Wildman–Crippen LogP) is 3.66. The average molecular weight is 607 g/mol. The molecular weight excluding hydrogens is 590 g/mol. The number of anilines is 2. The molecule has 1 aromatic heterocycles. The molecule has 3 aliphatic heterocycles. The minimum atomic E-state index is -4.61. The van der Waals surface area contributed by atoms with Gasteiger partial charge in [-0.1, -0.05) is 40.0 Å². The van der Waals surface area contributed by atoms with E-state index in [1.54, 1.807) is 6.92 Å². The summed E-state index contributed by atoms with van der Waals surface area (Å²) in [6.07, 6.45) is -5.24. The van der Waals surface area contributed by atoms with Crippen molar-refractivity contribution < 1.29 is 32.4 Å². The Hall–Kier alpha value is -3.33. The van der Waals surface area contributed by atoms with E-state index in [2.05, 4.69) is 26.2 Å². The van der Waals surface area contributed by atoms with Crippen molar-refractivity contribution in [2.24, 2.45) is 11.1 Å². The molecule has 0 saturated carbocycles. The van der Waals surface area contributed by atoms with Crippen molar-refractivity contribution in [3.05, 3.63) is 51.1 Å². The summed E-state index contributed by atoms with van der Waals surface area (Å²) >= 11 is 18.1. The Morgan fingerprint density at radius 2 is 1.87 bits per heavy atom. The van der Waals surface area contributed by atoms with Crippen LogP contribution in [0.15, 0.2) is 35.6 Å². The number of nitrogens with one attached hydrogen (secondary N) is 3. The molecule has 1 aromatic carbocycles. The number of nitrogens with zero attached hydrogens (tertiary/aromatic N) is 4. The molecule has 3 atom stereocenters. The Labute approximate surface area is 233 Å². The van der Waals surface area contributed by atoms with Gasteiger partial charge in [-0.3, -0.25) is 14.5 Å². The first kappa shape index (κ1) is 27.2. The molecule has 206 valence electrons. The summed E-state index contributed by atoms with van der Waals surface area (Å²) < 4.78 is 38.5. The van der Waals surface area contributed by atoms with Crippen LogP contribution in [0, 0.1) is 5.92 Å². The molecule has 39 heavy (non-hydrogen) atoms. The molecule has 0 radical (unpaired) electrons. The second-order valence-corrected chi connectivity index (χ2v) is 10.1. The van der Waals surface area contributed by atoms with Crippen LogP contribution in [0.2, 0.25) is 15.1 Å². The average Bonchev–Trinajstić information content (AvgIpc) is 3.49. The highest BCUT2D eigenvalue weighted by Crippen LogP contribution is 2.37. The Kier molecular flexibility index (Phi) is 6.77. The molecule has 3 aliphatic rings. The van der Waals surface area contributed by atoms with Gasteiger partial charge in [-0.15, -0.1) is 0 Å². The number of likely N-dealkylation sites (tertiary alicyclic amines) is 1. The fourth-order valence-corrected chi connectivity index (χ4v) is 5.12. The van der Waals surface area contributed by atoms with Crippen molar-refractivity contribution in [2.75, 3.05) is 23.4 Å². The summed E-state index contributed by atoms with van der Waals surface area (Å²) in [5.74, 6) is -2.48. The standard InChI is InChI=1S/C22H17Cl3F3N7O4/c1-21(31-20(38)35(33-21)13-3-2-10(23)7-11(13)24)16-14-15(39-32-16)19(37)34(18(14)36)5-4-29-17-12(25)6-9(8-30-17)22(26,27)28/h2-3,6-8,14-15,33H,4-5H2,1H3,(H,29,30)(H,31,38). The number of hydrogen-bond acceptors (Lipinski definition) is 8. The fraction of sp³-hybridized carbons (Fsp3) is 0.318. The molecule has 2 aromatic rings. The van der Waals surface area contributed by atoms with E-state index in [1.807, 2.05) is 0 Å². The lowest BCUT2D eigenvalue weighted by atomic mass is 9.91. The number of hydrazine groups is 1. The van der Waals surface area contributed by atoms with Gasteiger partial charge >= 0.3 is 12.2 Å².